The van der Waals surface area contributed by atoms with Gasteiger partial charge in [0.1, 0.15) is 18.9 Å². The molecule has 5 heteroatoms. The van der Waals surface area contributed by atoms with Gasteiger partial charge in [-0.25, -0.2) is 0 Å². The van der Waals surface area contributed by atoms with Crippen LogP contribution >= 0.6 is 11.8 Å². The van der Waals surface area contributed by atoms with Crippen LogP contribution in [-0.2, 0) is 14.4 Å². The molecule has 0 bridgehead atoms. The molecule has 1 atom stereocenters. The maximum Gasteiger partial charge on any atom is 0.132 e. The first kappa shape index (κ1) is 14.3. The van der Waals surface area contributed by atoms with Gasteiger partial charge in [-0.3, -0.25) is 0 Å². The van der Waals surface area contributed by atoms with E-state index in [2.05, 4.69) is 5.32 Å². The van der Waals surface area contributed by atoms with E-state index in [0.717, 1.165) is 31.8 Å². The summed E-state index contributed by atoms with van der Waals surface area (Å²) in [6, 6.07) is 0. The maximum absolute atomic E-state index is 10.6. The van der Waals surface area contributed by atoms with E-state index >= 15 is 0 Å². The first-order valence-corrected chi connectivity index (χ1v) is 6.05. The Morgan fingerprint density at radius 1 is 1.07 bits per heavy atom. The van der Waals surface area contributed by atoms with Gasteiger partial charge in [-0.2, -0.15) is 11.8 Å². The first-order chi connectivity index (χ1) is 7.35. The molecule has 0 fully saturated rings. The van der Waals surface area contributed by atoms with Crippen molar-refractivity contribution < 1.29 is 14.4 Å². The van der Waals surface area contributed by atoms with Crippen molar-refractivity contribution in [3.8, 4) is 0 Å². The molecule has 15 heavy (non-hydrogen) atoms. The largest absolute Gasteiger partial charge is 0.316 e. The van der Waals surface area contributed by atoms with Crippen molar-refractivity contribution in [3.05, 3.63) is 0 Å². The Morgan fingerprint density at radius 3 is 2.40 bits per heavy atom. The van der Waals surface area contributed by atoms with Gasteiger partial charge in [-0.1, -0.05) is 0 Å². The van der Waals surface area contributed by atoms with E-state index in [4.69, 9.17) is 0 Å². The molecule has 0 aromatic heterocycles. The van der Waals surface area contributed by atoms with Gasteiger partial charge in [0.25, 0.3) is 0 Å². The summed E-state index contributed by atoms with van der Waals surface area (Å²) in [6.07, 6.45) is 4.38. The van der Waals surface area contributed by atoms with Crippen LogP contribution in [0.1, 0.15) is 19.3 Å². The third kappa shape index (κ3) is 9.62. The van der Waals surface area contributed by atoms with E-state index in [9.17, 15) is 14.4 Å². The molecule has 0 radical (unpaired) electrons. The zero-order valence-electron chi connectivity index (χ0n) is 8.69. The minimum absolute atomic E-state index is 0.0475. The van der Waals surface area contributed by atoms with Gasteiger partial charge in [0, 0.05) is 25.1 Å². The summed E-state index contributed by atoms with van der Waals surface area (Å²) in [5, 5.41) is 3.02. The molecule has 0 aliphatic heterocycles. The monoisotopic (exact) mass is 231 g/mol. The highest BCUT2D eigenvalue weighted by Crippen LogP contribution is 2.12. The standard InChI is InChI=1S/C10H17NO3S/c12-6-1-4-11-5-3-10(9-14)15-8-2-7-13/h6-7,9-11H,1-5,8H2. The number of hydrogen-bond donors (Lipinski definition) is 1. The van der Waals surface area contributed by atoms with Crippen molar-refractivity contribution in [2.24, 2.45) is 0 Å². The SMILES string of the molecule is O=CCCNCCC(C=O)SCCC=O. The molecule has 0 amide bonds. The van der Waals surface area contributed by atoms with Gasteiger partial charge in [-0.15, -0.1) is 0 Å². The van der Waals surface area contributed by atoms with E-state index in [-0.39, 0.29) is 5.25 Å². The van der Waals surface area contributed by atoms with Crippen LogP contribution in [0.4, 0.5) is 0 Å². The molecular formula is C10H17NO3S. The molecule has 0 spiro atoms. The van der Waals surface area contributed by atoms with Crippen LogP contribution < -0.4 is 5.32 Å². The highest BCUT2D eigenvalue weighted by Gasteiger charge is 2.06. The minimum Gasteiger partial charge on any atom is -0.316 e. The van der Waals surface area contributed by atoms with Crippen LogP contribution in [0.2, 0.25) is 0 Å². The number of rotatable bonds is 11. The Bertz CT molecular complexity index is 188. The molecular weight excluding hydrogens is 214 g/mol. The zero-order chi connectivity index (χ0) is 11.4. The molecule has 0 aromatic rings. The highest BCUT2D eigenvalue weighted by atomic mass is 32.2. The molecule has 4 nitrogen and oxygen atoms in total. The molecule has 0 aliphatic rings. The third-order valence-corrected chi connectivity index (χ3v) is 3.01. The topological polar surface area (TPSA) is 63.2 Å². The first-order valence-electron chi connectivity index (χ1n) is 5.00. The Kier molecular flexibility index (Phi) is 10.9. The van der Waals surface area contributed by atoms with Gasteiger partial charge in [0.2, 0.25) is 0 Å². The fourth-order valence-electron chi connectivity index (χ4n) is 0.988. The number of aldehydes is 3. The smallest absolute Gasteiger partial charge is 0.132 e. The summed E-state index contributed by atoms with van der Waals surface area (Å²) in [6.45, 7) is 1.39. The summed E-state index contributed by atoms with van der Waals surface area (Å²) in [7, 11) is 0. The van der Waals surface area contributed by atoms with Crippen LogP contribution in [0.15, 0.2) is 0 Å². The Hall–Kier alpha value is -0.680. The van der Waals surface area contributed by atoms with Crippen molar-refractivity contribution in [2.75, 3.05) is 18.8 Å². The van der Waals surface area contributed by atoms with Crippen molar-refractivity contribution in [3.63, 3.8) is 0 Å². The van der Waals surface area contributed by atoms with Crippen LogP contribution in [0.3, 0.4) is 0 Å². The molecule has 1 N–H and O–H groups in total. The second kappa shape index (κ2) is 11.4. The molecule has 0 saturated carbocycles. The lowest BCUT2D eigenvalue weighted by Crippen LogP contribution is -2.21. The van der Waals surface area contributed by atoms with Crippen molar-refractivity contribution in [1.82, 2.24) is 5.32 Å². The highest BCUT2D eigenvalue weighted by molar-refractivity contribution is 8.00. The molecule has 1 unspecified atom stereocenters. The molecule has 0 heterocycles. The van der Waals surface area contributed by atoms with E-state index in [1.54, 1.807) is 0 Å². The second-order valence-electron chi connectivity index (χ2n) is 2.99. The molecule has 86 valence electrons. The second-order valence-corrected chi connectivity index (χ2v) is 4.34. The summed E-state index contributed by atoms with van der Waals surface area (Å²) in [5.74, 6) is 0.696. The van der Waals surface area contributed by atoms with Crippen LogP contribution in [-0.4, -0.2) is 43.0 Å². The predicted octanol–water partition coefficient (Wildman–Crippen LogP) is 0.445. The maximum atomic E-state index is 10.6. The number of hydrogen-bond acceptors (Lipinski definition) is 5. The van der Waals surface area contributed by atoms with E-state index in [1.807, 2.05) is 0 Å². The molecule has 0 aromatic carbocycles. The average Bonchev–Trinajstić information content (AvgIpc) is 2.26. The number of carbonyl (C=O) groups is 3. The van der Waals surface area contributed by atoms with Gasteiger partial charge in [-0.05, 0) is 13.0 Å². The minimum atomic E-state index is -0.0475. The van der Waals surface area contributed by atoms with Gasteiger partial charge >= 0.3 is 0 Å². The Labute approximate surface area is 94.2 Å². The average molecular weight is 231 g/mol. The lowest BCUT2D eigenvalue weighted by molar-refractivity contribution is -0.108. The molecule has 0 aliphatic carbocycles. The fourth-order valence-corrected chi connectivity index (χ4v) is 1.89. The van der Waals surface area contributed by atoms with Crippen molar-refractivity contribution in [2.45, 2.75) is 24.5 Å². The lowest BCUT2D eigenvalue weighted by Gasteiger charge is -2.09. The van der Waals surface area contributed by atoms with E-state index in [1.165, 1.54) is 11.8 Å². The van der Waals surface area contributed by atoms with Crippen LogP contribution in [0, 0.1) is 0 Å². The van der Waals surface area contributed by atoms with Crippen molar-refractivity contribution >= 4 is 30.6 Å². The van der Waals surface area contributed by atoms with Gasteiger partial charge in [0.05, 0.1) is 5.25 Å². The molecule has 0 rings (SSSR count). The Morgan fingerprint density at radius 2 is 1.80 bits per heavy atom. The van der Waals surface area contributed by atoms with E-state index < -0.39 is 0 Å². The predicted molar refractivity (Wildman–Crippen MR) is 61.2 cm³/mol. The summed E-state index contributed by atoms with van der Waals surface area (Å²) in [5.41, 5.74) is 0. The van der Waals surface area contributed by atoms with Crippen LogP contribution in [0.25, 0.3) is 0 Å². The number of nitrogens with one attached hydrogen (secondary N) is 1. The number of carbonyl (C=O) groups excluding carboxylic acids is 3. The summed E-state index contributed by atoms with van der Waals surface area (Å²) < 4.78 is 0. The normalized spacial score (nSPS) is 12.0. The zero-order valence-corrected chi connectivity index (χ0v) is 9.50. The molecule has 0 saturated heterocycles. The van der Waals surface area contributed by atoms with Gasteiger partial charge in [0.15, 0.2) is 0 Å². The van der Waals surface area contributed by atoms with Gasteiger partial charge < -0.3 is 19.7 Å². The Balaban J connectivity index is 3.39. The summed E-state index contributed by atoms with van der Waals surface area (Å²) in [4.78, 5) is 30.7. The van der Waals surface area contributed by atoms with Crippen LogP contribution in [0.5, 0.6) is 0 Å². The third-order valence-electron chi connectivity index (χ3n) is 1.76. The number of thioether (sulfide) groups is 1. The quantitative estimate of drug-likeness (QED) is 0.413. The lowest BCUT2D eigenvalue weighted by atomic mass is 10.3. The summed E-state index contributed by atoms with van der Waals surface area (Å²) >= 11 is 1.50. The fraction of sp³-hybridized carbons (Fsp3) is 0.700. The van der Waals surface area contributed by atoms with E-state index in [0.29, 0.717) is 25.1 Å². The van der Waals surface area contributed by atoms with Crippen molar-refractivity contribution in [1.29, 1.82) is 0 Å².